The molecule has 3 fully saturated rings. The molecular weight excluding hydrogens is 429 g/mol. The number of likely N-dealkylation sites (tertiary alicyclic amines) is 2. The Kier molecular flexibility index (Phi) is 7.79. The predicted molar refractivity (Wildman–Crippen MR) is 113 cm³/mol. The van der Waals surface area contributed by atoms with E-state index < -0.39 is 0 Å². The SMILES string of the molecule is CCNC(=NCC1CCCN1CC)N1CCCC2(CNC(=O)C2)C1.I. The highest BCUT2D eigenvalue weighted by Crippen LogP contribution is 2.36. The van der Waals surface area contributed by atoms with Gasteiger partial charge in [0.15, 0.2) is 5.96 Å². The lowest BCUT2D eigenvalue weighted by molar-refractivity contribution is -0.119. The molecule has 25 heavy (non-hydrogen) atoms. The third-order valence-corrected chi connectivity index (χ3v) is 5.85. The number of nitrogens with one attached hydrogen (secondary N) is 2. The van der Waals surface area contributed by atoms with E-state index in [1.165, 1.54) is 19.4 Å². The molecule has 2 unspecified atom stereocenters. The Morgan fingerprint density at radius 2 is 2.20 bits per heavy atom. The van der Waals surface area contributed by atoms with Crippen molar-refractivity contribution in [3.05, 3.63) is 0 Å². The maximum Gasteiger partial charge on any atom is 0.220 e. The molecule has 3 aliphatic rings. The Bertz CT molecular complexity index is 486. The zero-order valence-corrected chi connectivity index (χ0v) is 18.1. The molecule has 0 aromatic heterocycles. The van der Waals surface area contributed by atoms with Gasteiger partial charge in [-0.2, -0.15) is 0 Å². The van der Waals surface area contributed by atoms with Gasteiger partial charge in [-0.05, 0) is 45.7 Å². The van der Waals surface area contributed by atoms with Crippen LogP contribution in [0.5, 0.6) is 0 Å². The van der Waals surface area contributed by atoms with Gasteiger partial charge in [-0.25, -0.2) is 0 Å². The molecule has 0 aromatic carbocycles. The number of nitrogens with zero attached hydrogens (tertiary/aromatic N) is 3. The second-order valence-corrected chi connectivity index (χ2v) is 7.60. The van der Waals surface area contributed by atoms with Crippen molar-refractivity contribution in [2.75, 3.05) is 45.8 Å². The lowest BCUT2D eigenvalue weighted by Gasteiger charge is -2.41. The van der Waals surface area contributed by atoms with Gasteiger partial charge in [0.25, 0.3) is 0 Å². The summed E-state index contributed by atoms with van der Waals surface area (Å²) in [6.45, 7) is 11.3. The fourth-order valence-electron chi connectivity index (χ4n) is 4.56. The molecule has 0 aliphatic carbocycles. The summed E-state index contributed by atoms with van der Waals surface area (Å²) in [5.41, 5.74) is 0.119. The summed E-state index contributed by atoms with van der Waals surface area (Å²) in [7, 11) is 0. The fraction of sp³-hybridized carbons (Fsp3) is 0.889. The highest BCUT2D eigenvalue weighted by atomic mass is 127. The number of carbonyl (C=O) groups excluding carboxylic acids is 1. The van der Waals surface area contributed by atoms with E-state index in [9.17, 15) is 4.79 Å². The molecule has 1 amide bonds. The van der Waals surface area contributed by atoms with E-state index in [1.807, 2.05) is 0 Å². The van der Waals surface area contributed by atoms with Gasteiger partial charge in [-0.15, -0.1) is 24.0 Å². The normalized spacial score (nSPS) is 30.5. The maximum atomic E-state index is 11.7. The smallest absolute Gasteiger partial charge is 0.220 e. The van der Waals surface area contributed by atoms with Crippen molar-refractivity contribution in [1.82, 2.24) is 20.4 Å². The standard InChI is InChI=1S/C18H33N5O.HI/c1-3-19-17(20-12-15-7-5-9-22(15)4-2)23-10-6-8-18(14-23)11-16(24)21-13-18;/h15H,3-14H2,1-2H3,(H,19,20)(H,21,24);1H. The first-order valence-corrected chi connectivity index (χ1v) is 9.70. The molecule has 0 saturated carbocycles. The van der Waals surface area contributed by atoms with E-state index in [0.29, 0.717) is 12.5 Å². The zero-order chi connectivity index (χ0) is 17.0. The number of hydrogen-bond acceptors (Lipinski definition) is 3. The van der Waals surface area contributed by atoms with Crippen molar-refractivity contribution < 1.29 is 4.79 Å². The van der Waals surface area contributed by atoms with Crippen LogP contribution in [-0.2, 0) is 4.79 Å². The van der Waals surface area contributed by atoms with Crippen molar-refractivity contribution in [3.8, 4) is 0 Å². The van der Waals surface area contributed by atoms with Crippen LogP contribution >= 0.6 is 24.0 Å². The van der Waals surface area contributed by atoms with Crippen LogP contribution < -0.4 is 10.6 Å². The number of piperidine rings is 1. The molecule has 0 bridgehead atoms. The Morgan fingerprint density at radius 1 is 1.36 bits per heavy atom. The van der Waals surface area contributed by atoms with Crippen LogP contribution in [0, 0.1) is 5.41 Å². The molecule has 6 nitrogen and oxygen atoms in total. The van der Waals surface area contributed by atoms with Crippen LogP contribution in [-0.4, -0.2) is 73.5 Å². The number of likely N-dealkylation sites (N-methyl/N-ethyl adjacent to an activating group) is 1. The Morgan fingerprint density at radius 3 is 2.88 bits per heavy atom. The predicted octanol–water partition coefficient (Wildman–Crippen LogP) is 1.66. The summed E-state index contributed by atoms with van der Waals surface area (Å²) < 4.78 is 0. The molecule has 3 saturated heterocycles. The number of hydrogen-bond donors (Lipinski definition) is 2. The number of rotatable bonds is 4. The average Bonchev–Trinajstić information content (AvgIpc) is 3.18. The number of carbonyl (C=O) groups is 1. The maximum absolute atomic E-state index is 11.7. The summed E-state index contributed by atoms with van der Waals surface area (Å²) in [5.74, 6) is 1.25. The van der Waals surface area contributed by atoms with Gasteiger partial charge in [-0.3, -0.25) is 14.7 Å². The summed E-state index contributed by atoms with van der Waals surface area (Å²) in [4.78, 5) is 21.6. The van der Waals surface area contributed by atoms with Crippen LogP contribution in [0.1, 0.15) is 46.0 Å². The summed E-state index contributed by atoms with van der Waals surface area (Å²) in [6, 6.07) is 0.595. The van der Waals surface area contributed by atoms with Crippen LogP contribution in [0.4, 0.5) is 0 Å². The minimum atomic E-state index is 0. The van der Waals surface area contributed by atoms with E-state index in [0.717, 1.165) is 58.1 Å². The highest BCUT2D eigenvalue weighted by Gasteiger charge is 2.42. The molecule has 1 spiro atoms. The van der Waals surface area contributed by atoms with Crippen LogP contribution in [0.15, 0.2) is 4.99 Å². The van der Waals surface area contributed by atoms with Gasteiger partial charge in [0, 0.05) is 44.1 Å². The topological polar surface area (TPSA) is 60.0 Å². The van der Waals surface area contributed by atoms with E-state index in [1.54, 1.807) is 0 Å². The van der Waals surface area contributed by atoms with E-state index in [2.05, 4.69) is 34.3 Å². The van der Waals surface area contributed by atoms with Gasteiger partial charge >= 0.3 is 0 Å². The molecular formula is C18H34IN5O. The molecule has 0 aromatic rings. The summed E-state index contributed by atoms with van der Waals surface area (Å²) in [6.07, 6.45) is 5.52. The molecule has 0 radical (unpaired) electrons. The van der Waals surface area contributed by atoms with Crippen LogP contribution in [0.3, 0.4) is 0 Å². The number of amides is 1. The quantitative estimate of drug-likeness (QED) is 0.378. The largest absolute Gasteiger partial charge is 0.357 e. The molecule has 3 rings (SSSR count). The summed E-state index contributed by atoms with van der Waals surface area (Å²) >= 11 is 0. The molecule has 144 valence electrons. The van der Waals surface area contributed by atoms with Crippen molar-refractivity contribution in [3.63, 3.8) is 0 Å². The minimum Gasteiger partial charge on any atom is -0.357 e. The molecule has 3 heterocycles. The first-order chi connectivity index (χ1) is 11.7. The average molecular weight is 463 g/mol. The van der Waals surface area contributed by atoms with Gasteiger partial charge < -0.3 is 15.5 Å². The molecule has 7 heteroatoms. The van der Waals surface area contributed by atoms with Crippen molar-refractivity contribution >= 4 is 35.8 Å². The second-order valence-electron chi connectivity index (χ2n) is 7.60. The number of halogens is 1. The van der Waals surface area contributed by atoms with E-state index in [-0.39, 0.29) is 35.3 Å². The fourth-order valence-corrected chi connectivity index (χ4v) is 4.56. The van der Waals surface area contributed by atoms with Gasteiger partial charge in [0.05, 0.1) is 6.54 Å². The lowest BCUT2D eigenvalue weighted by atomic mass is 9.79. The Labute approximate surface area is 169 Å². The van der Waals surface area contributed by atoms with Crippen molar-refractivity contribution in [2.24, 2.45) is 10.4 Å². The highest BCUT2D eigenvalue weighted by molar-refractivity contribution is 14.0. The number of guanidine groups is 1. The summed E-state index contributed by atoms with van der Waals surface area (Å²) in [5, 5.41) is 6.51. The van der Waals surface area contributed by atoms with Crippen molar-refractivity contribution in [2.45, 2.75) is 52.0 Å². The van der Waals surface area contributed by atoms with Crippen molar-refractivity contribution in [1.29, 1.82) is 0 Å². The van der Waals surface area contributed by atoms with E-state index >= 15 is 0 Å². The van der Waals surface area contributed by atoms with E-state index in [4.69, 9.17) is 4.99 Å². The zero-order valence-electron chi connectivity index (χ0n) is 15.7. The van der Waals surface area contributed by atoms with Gasteiger partial charge in [-0.1, -0.05) is 6.92 Å². The molecule has 3 aliphatic heterocycles. The Balaban J connectivity index is 0.00000225. The number of aliphatic imine (C=N–C) groups is 1. The third kappa shape index (κ3) is 4.99. The van der Waals surface area contributed by atoms with Gasteiger partial charge in [0.1, 0.15) is 0 Å². The lowest BCUT2D eigenvalue weighted by Crippen LogP contribution is -2.51. The second kappa shape index (κ2) is 9.39. The molecule has 2 N–H and O–H groups in total. The minimum absolute atomic E-state index is 0. The monoisotopic (exact) mass is 463 g/mol. The Hall–Kier alpha value is -0.570. The third-order valence-electron chi connectivity index (χ3n) is 5.85. The first-order valence-electron chi connectivity index (χ1n) is 9.70. The van der Waals surface area contributed by atoms with Crippen LogP contribution in [0.2, 0.25) is 0 Å². The molecule has 2 atom stereocenters. The first kappa shape index (κ1) is 20.7. The van der Waals surface area contributed by atoms with Crippen LogP contribution in [0.25, 0.3) is 0 Å². The van der Waals surface area contributed by atoms with Gasteiger partial charge in [0.2, 0.25) is 5.91 Å².